The summed E-state index contributed by atoms with van der Waals surface area (Å²) in [7, 11) is 2.78. The number of aliphatic carboxylic acids is 1. The summed E-state index contributed by atoms with van der Waals surface area (Å²) in [5.74, 6) is -0.677. The lowest BCUT2D eigenvalue weighted by Crippen LogP contribution is -2.03. The second-order valence-electron chi connectivity index (χ2n) is 5.23. The molecule has 1 unspecified atom stereocenters. The Labute approximate surface area is 118 Å². The summed E-state index contributed by atoms with van der Waals surface area (Å²) in [6, 6.07) is 4.41. The van der Waals surface area contributed by atoms with Crippen LogP contribution in [0.4, 0.5) is 0 Å². The first-order valence-corrected chi connectivity index (χ1v) is 7.66. The smallest absolute Gasteiger partial charge is 0.303 e. The summed E-state index contributed by atoms with van der Waals surface area (Å²) in [5, 5.41) is 9.83. The van der Waals surface area contributed by atoms with E-state index >= 15 is 0 Å². The van der Waals surface area contributed by atoms with E-state index in [9.17, 15) is 4.79 Å². The monoisotopic (exact) mass is 280 g/mol. The van der Waals surface area contributed by atoms with Gasteiger partial charge in [-0.15, -0.1) is 9.24 Å². The van der Waals surface area contributed by atoms with Crippen LogP contribution in [-0.4, -0.2) is 11.1 Å². The fourth-order valence-electron chi connectivity index (χ4n) is 2.29. The normalized spacial score (nSPS) is 10.7. The van der Waals surface area contributed by atoms with Gasteiger partial charge in [-0.25, -0.2) is 0 Å². The van der Waals surface area contributed by atoms with E-state index in [0.29, 0.717) is 6.42 Å². The van der Waals surface area contributed by atoms with E-state index in [2.05, 4.69) is 35.2 Å². The molecule has 0 aliphatic carbocycles. The highest BCUT2D eigenvalue weighted by atomic mass is 31.0. The molecule has 0 aromatic heterocycles. The van der Waals surface area contributed by atoms with Crippen LogP contribution < -0.4 is 5.30 Å². The third-order valence-electron chi connectivity index (χ3n) is 3.78. The molecular formula is C16H25O2P. The summed E-state index contributed by atoms with van der Waals surface area (Å²) < 4.78 is 0. The van der Waals surface area contributed by atoms with E-state index in [4.69, 9.17) is 5.11 Å². The fraction of sp³-hybridized carbons (Fsp3) is 0.562. The van der Waals surface area contributed by atoms with Crippen LogP contribution in [-0.2, 0) is 11.2 Å². The molecule has 0 bridgehead atoms. The Hall–Kier alpha value is -0.880. The standard InChI is InChI=1S/C16H25O2P/c1-12-13(2)15(19)11-10-14(12)8-6-4-3-5-7-9-16(17)18/h10-11H,3-9,19H2,1-2H3,(H,17,18). The topological polar surface area (TPSA) is 37.3 Å². The molecule has 0 fully saturated rings. The average molecular weight is 280 g/mol. The van der Waals surface area contributed by atoms with Crippen LogP contribution >= 0.6 is 9.24 Å². The van der Waals surface area contributed by atoms with Gasteiger partial charge in [-0.3, -0.25) is 4.79 Å². The highest BCUT2D eigenvalue weighted by Crippen LogP contribution is 2.16. The summed E-state index contributed by atoms with van der Waals surface area (Å²) in [6.07, 6.45) is 6.84. The zero-order valence-electron chi connectivity index (χ0n) is 12.0. The van der Waals surface area contributed by atoms with Crippen molar-refractivity contribution in [2.45, 2.75) is 58.8 Å². The van der Waals surface area contributed by atoms with Gasteiger partial charge < -0.3 is 5.11 Å². The summed E-state index contributed by atoms with van der Waals surface area (Å²) in [5.41, 5.74) is 4.25. The lowest BCUT2D eigenvalue weighted by molar-refractivity contribution is -0.137. The van der Waals surface area contributed by atoms with E-state index in [1.165, 1.54) is 34.8 Å². The summed E-state index contributed by atoms with van der Waals surface area (Å²) >= 11 is 0. The molecule has 106 valence electrons. The third kappa shape index (κ3) is 5.74. The zero-order valence-corrected chi connectivity index (χ0v) is 13.2. The van der Waals surface area contributed by atoms with Gasteiger partial charge in [-0.05, 0) is 55.1 Å². The molecule has 1 rings (SSSR count). The predicted molar refractivity (Wildman–Crippen MR) is 84.3 cm³/mol. The molecule has 0 saturated heterocycles. The third-order valence-corrected chi connectivity index (χ3v) is 4.40. The van der Waals surface area contributed by atoms with Crippen LogP contribution in [0.3, 0.4) is 0 Å². The number of unbranched alkanes of at least 4 members (excludes halogenated alkanes) is 4. The Bertz CT molecular complexity index is 427. The van der Waals surface area contributed by atoms with E-state index in [1.54, 1.807) is 0 Å². The van der Waals surface area contributed by atoms with Gasteiger partial charge in [-0.2, -0.15) is 0 Å². The quantitative estimate of drug-likeness (QED) is 0.581. The maximum atomic E-state index is 10.4. The van der Waals surface area contributed by atoms with Crippen LogP contribution in [0.2, 0.25) is 0 Å². The number of benzene rings is 1. The number of carboxylic acid groups (broad SMARTS) is 1. The molecule has 1 aromatic rings. The second kappa shape index (κ2) is 8.32. The van der Waals surface area contributed by atoms with Crippen molar-refractivity contribution in [2.24, 2.45) is 0 Å². The molecule has 1 aromatic carbocycles. The maximum absolute atomic E-state index is 10.4. The van der Waals surface area contributed by atoms with Crippen molar-refractivity contribution in [1.82, 2.24) is 0 Å². The molecule has 19 heavy (non-hydrogen) atoms. The molecule has 0 amide bonds. The number of rotatable bonds is 8. The second-order valence-corrected chi connectivity index (χ2v) is 5.85. The summed E-state index contributed by atoms with van der Waals surface area (Å²) in [4.78, 5) is 10.4. The molecule has 0 aliphatic rings. The number of hydrogen-bond acceptors (Lipinski definition) is 1. The summed E-state index contributed by atoms with van der Waals surface area (Å²) in [6.45, 7) is 4.37. The lowest BCUT2D eigenvalue weighted by Gasteiger charge is -2.11. The predicted octanol–water partition coefficient (Wildman–Crippen LogP) is 3.77. The number of hydrogen-bond donors (Lipinski definition) is 1. The van der Waals surface area contributed by atoms with Crippen molar-refractivity contribution in [3.05, 3.63) is 28.8 Å². The Balaban J connectivity index is 2.23. The first-order chi connectivity index (χ1) is 9.02. The van der Waals surface area contributed by atoms with E-state index < -0.39 is 5.97 Å². The number of carbonyl (C=O) groups is 1. The van der Waals surface area contributed by atoms with Gasteiger partial charge in [-0.1, -0.05) is 31.4 Å². The minimum Gasteiger partial charge on any atom is -0.481 e. The Morgan fingerprint density at radius 2 is 1.68 bits per heavy atom. The molecule has 1 N–H and O–H groups in total. The van der Waals surface area contributed by atoms with Crippen LogP contribution in [0.1, 0.15) is 55.2 Å². The van der Waals surface area contributed by atoms with Crippen LogP contribution in [0.15, 0.2) is 12.1 Å². The van der Waals surface area contributed by atoms with Gasteiger partial charge in [0.05, 0.1) is 0 Å². The van der Waals surface area contributed by atoms with Crippen molar-refractivity contribution in [2.75, 3.05) is 0 Å². The highest BCUT2D eigenvalue weighted by molar-refractivity contribution is 7.27. The molecule has 2 nitrogen and oxygen atoms in total. The largest absolute Gasteiger partial charge is 0.481 e. The van der Waals surface area contributed by atoms with Gasteiger partial charge in [0.25, 0.3) is 0 Å². The van der Waals surface area contributed by atoms with E-state index in [0.717, 1.165) is 25.7 Å². The van der Waals surface area contributed by atoms with Gasteiger partial charge in [0.15, 0.2) is 0 Å². The maximum Gasteiger partial charge on any atom is 0.303 e. The van der Waals surface area contributed by atoms with Crippen LogP contribution in [0, 0.1) is 13.8 Å². The van der Waals surface area contributed by atoms with Crippen molar-refractivity contribution >= 4 is 20.5 Å². The Morgan fingerprint density at radius 1 is 1.05 bits per heavy atom. The van der Waals surface area contributed by atoms with Crippen molar-refractivity contribution < 1.29 is 9.90 Å². The average Bonchev–Trinajstić information content (AvgIpc) is 2.37. The number of aryl methyl sites for hydroxylation is 1. The minimum absolute atomic E-state index is 0.313. The highest BCUT2D eigenvalue weighted by Gasteiger charge is 2.03. The minimum atomic E-state index is -0.677. The Morgan fingerprint density at radius 3 is 2.37 bits per heavy atom. The molecule has 0 spiro atoms. The van der Waals surface area contributed by atoms with Gasteiger partial charge in [0.1, 0.15) is 0 Å². The molecule has 0 radical (unpaired) electrons. The molecule has 0 heterocycles. The van der Waals surface area contributed by atoms with Crippen molar-refractivity contribution in [3.63, 3.8) is 0 Å². The molecule has 3 heteroatoms. The van der Waals surface area contributed by atoms with Gasteiger partial charge in [0, 0.05) is 6.42 Å². The first kappa shape index (κ1) is 16.2. The molecular weight excluding hydrogens is 255 g/mol. The molecule has 0 saturated carbocycles. The fourth-order valence-corrected chi connectivity index (χ4v) is 2.60. The van der Waals surface area contributed by atoms with Crippen molar-refractivity contribution in [1.29, 1.82) is 0 Å². The SMILES string of the molecule is Cc1c(P)ccc(CCCCCCCC(=O)O)c1C. The molecule has 0 aliphatic heterocycles. The van der Waals surface area contributed by atoms with Gasteiger partial charge in [0.2, 0.25) is 0 Å². The van der Waals surface area contributed by atoms with E-state index in [-0.39, 0.29) is 0 Å². The van der Waals surface area contributed by atoms with Crippen LogP contribution in [0.25, 0.3) is 0 Å². The van der Waals surface area contributed by atoms with Crippen LogP contribution in [0.5, 0.6) is 0 Å². The zero-order chi connectivity index (χ0) is 14.3. The lowest BCUT2D eigenvalue weighted by atomic mass is 9.98. The van der Waals surface area contributed by atoms with Crippen molar-refractivity contribution in [3.8, 4) is 0 Å². The van der Waals surface area contributed by atoms with E-state index in [1.807, 2.05) is 0 Å². The molecule has 1 atom stereocenters. The van der Waals surface area contributed by atoms with Gasteiger partial charge >= 0.3 is 5.97 Å². The first-order valence-electron chi connectivity index (χ1n) is 7.08. The number of carboxylic acids is 1. The Kier molecular flexibility index (Phi) is 7.09.